The third-order valence-corrected chi connectivity index (χ3v) is 5.74. The second kappa shape index (κ2) is 11.8. The van der Waals surface area contributed by atoms with Crippen LogP contribution in [0.2, 0.25) is 0 Å². The number of nitrogens with zero attached hydrogens (tertiary/aromatic N) is 1. The van der Waals surface area contributed by atoms with Crippen molar-refractivity contribution < 1.29 is 14.0 Å². The molecule has 3 aromatic carbocycles. The lowest BCUT2D eigenvalue weighted by atomic mass is 10.0. The van der Waals surface area contributed by atoms with Crippen molar-refractivity contribution in [1.82, 2.24) is 10.2 Å². The molecule has 0 spiro atoms. The Kier molecular flexibility index (Phi) is 8.78. The molecule has 0 aliphatic rings. The molecule has 1 N–H and O–H groups in total. The zero-order valence-corrected chi connectivity index (χ0v) is 20.4. The summed E-state index contributed by atoms with van der Waals surface area (Å²) in [4.78, 5) is 28.4. The monoisotopic (exact) mass is 510 g/mol. The van der Waals surface area contributed by atoms with Crippen LogP contribution in [0.4, 0.5) is 4.39 Å². The number of rotatable bonds is 9. The Morgan fingerprint density at radius 1 is 0.939 bits per heavy atom. The normalized spacial score (nSPS) is 11.8. The van der Waals surface area contributed by atoms with Gasteiger partial charge in [-0.15, -0.1) is 0 Å². The molecule has 172 valence electrons. The number of hydrogen-bond acceptors (Lipinski definition) is 2. The van der Waals surface area contributed by atoms with Crippen molar-refractivity contribution in [3.05, 3.63) is 106 Å². The SMILES string of the molecule is CC(C)NC(=O)C(Cc1ccccc1)N(Cc1cccc(Br)c1)C(=O)Cc1ccccc1F. The van der Waals surface area contributed by atoms with E-state index in [1.165, 1.54) is 6.07 Å². The first-order chi connectivity index (χ1) is 15.8. The quantitative estimate of drug-likeness (QED) is 0.424. The van der Waals surface area contributed by atoms with Gasteiger partial charge in [0.1, 0.15) is 11.9 Å². The van der Waals surface area contributed by atoms with E-state index in [0.717, 1.165) is 15.6 Å². The van der Waals surface area contributed by atoms with Gasteiger partial charge in [0.2, 0.25) is 11.8 Å². The molecule has 0 saturated carbocycles. The van der Waals surface area contributed by atoms with Crippen LogP contribution in [-0.2, 0) is 29.0 Å². The van der Waals surface area contributed by atoms with Crippen molar-refractivity contribution in [3.63, 3.8) is 0 Å². The topological polar surface area (TPSA) is 49.4 Å². The molecule has 3 aromatic rings. The fourth-order valence-electron chi connectivity index (χ4n) is 3.67. The Hall–Kier alpha value is -2.99. The third kappa shape index (κ3) is 7.26. The average Bonchev–Trinajstić information content (AvgIpc) is 2.78. The van der Waals surface area contributed by atoms with Crippen molar-refractivity contribution in [2.45, 2.75) is 45.3 Å². The van der Waals surface area contributed by atoms with E-state index in [9.17, 15) is 14.0 Å². The fourth-order valence-corrected chi connectivity index (χ4v) is 4.12. The second-order valence-corrected chi connectivity index (χ2v) is 9.20. The highest BCUT2D eigenvalue weighted by molar-refractivity contribution is 9.10. The van der Waals surface area contributed by atoms with E-state index in [1.54, 1.807) is 23.1 Å². The number of carbonyl (C=O) groups excluding carboxylic acids is 2. The molecular formula is C27H28BrFN2O2. The predicted octanol–water partition coefficient (Wildman–Crippen LogP) is 5.30. The standard InChI is InChI=1S/C27H28BrFN2O2/c1-19(2)30-27(33)25(16-20-9-4-3-5-10-20)31(18-21-11-8-13-23(28)15-21)26(32)17-22-12-6-7-14-24(22)29/h3-15,19,25H,16-18H2,1-2H3,(H,30,33). The first-order valence-electron chi connectivity index (χ1n) is 10.9. The fraction of sp³-hybridized carbons (Fsp3) is 0.259. The number of benzene rings is 3. The van der Waals surface area contributed by atoms with E-state index < -0.39 is 11.9 Å². The summed E-state index contributed by atoms with van der Waals surface area (Å²) >= 11 is 3.47. The average molecular weight is 511 g/mol. The summed E-state index contributed by atoms with van der Waals surface area (Å²) in [6.45, 7) is 4.00. The zero-order valence-electron chi connectivity index (χ0n) is 18.8. The van der Waals surface area contributed by atoms with Gasteiger partial charge in [-0.25, -0.2) is 4.39 Å². The lowest BCUT2D eigenvalue weighted by Gasteiger charge is -2.32. The van der Waals surface area contributed by atoms with Gasteiger partial charge in [-0.3, -0.25) is 9.59 Å². The van der Waals surface area contributed by atoms with Crippen LogP contribution in [0.5, 0.6) is 0 Å². The molecule has 0 aromatic heterocycles. The number of hydrogen-bond donors (Lipinski definition) is 1. The van der Waals surface area contributed by atoms with Crippen molar-refractivity contribution in [3.8, 4) is 0 Å². The van der Waals surface area contributed by atoms with E-state index in [1.807, 2.05) is 68.4 Å². The summed E-state index contributed by atoms with van der Waals surface area (Å²) in [5.41, 5.74) is 2.13. The highest BCUT2D eigenvalue weighted by Gasteiger charge is 2.31. The first kappa shape index (κ1) is 24.6. The van der Waals surface area contributed by atoms with Gasteiger partial charge in [-0.2, -0.15) is 0 Å². The van der Waals surface area contributed by atoms with Crippen LogP contribution in [0.1, 0.15) is 30.5 Å². The van der Waals surface area contributed by atoms with Gasteiger partial charge >= 0.3 is 0 Å². The van der Waals surface area contributed by atoms with Gasteiger partial charge in [-0.1, -0.05) is 76.6 Å². The van der Waals surface area contributed by atoms with Crippen molar-refractivity contribution in [2.75, 3.05) is 0 Å². The molecule has 0 fully saturated rings. The zero-order chi connectivity index (χ0) is 23.8. The molecule has 33 heavy (non-hydrogen) atoms. The maximum absolute atomic E-state index is 14.3. The molecule has 6 heteroatoms. The van der Waals surface area contributed by atoms with Crippen LogP contribution in [0, 0.1) is 5.82 Å². The van der Waals surface area contributed by atoms with Gasteiger partial charge in [0, 0.05) is 23.5 Å². The molecule has 3 rings (SSSR count). The summed E-state index contributed by atoms with van der Waals surface area (Å²) in [5, 5.41) is 2.95. The van der Waals surface area contributed by atoms with Crippen molar-refractivity contribution in [2.24, 2.45) is 0 Å². The van der Waals surface area contributed by atoms with E-state index >= 15 is 0 Å². The Morgan fingerprint density at radius 3 is 2.27 bits per heavy atom. The molecule has 0 aliphatic carbocycles. The van der Waals surface area contributed by atoms with Crippen molar-refractivity contribution >= 4 is 27.7 Å². The minimum absolute atomic E-state index is 0.0786. The summed E-state index contributed by atoms with van der Waals surface area (Å²) in [6.07, 6.45) is 0.233. The van der Waals surface area contributed by atoms with E-state index in [0.29, 0.717) is 12.0 Å². The largest absolute Gasteiger partial charge is 0.352 e. The molecule has 0 heterocycles. The lowest BCUT2D eigenvalue weighted by Crippen LogP contribution is -2.52. The maximum Gasteiger partial charge on any atom is 0.243 e. The number of nitrogens with one attached hydrogen (secondary N) is 1. The minimum Gasteiger partial charge on any atom is -0.352 e. The number of amides is 2. The van der Waals surface area contributed by atoms with Crippen LogP contribution in [0.25, 0.3) is 0 Å². The van der Waals surface area contributed by atoms with Crippen LogP contribution >= 0.6 is 15.9 Å². The molecule has 4 nitrogen and oxygen atoms in total. The smallest absolute Gasteiger partial charge is 0.243 e. The van der Waals surface area contributed by atoms with Crippen LogP contribution in [-0.4, -0.2) is 28.8 Å². The van der Waals surface area contributed by atoms with E-state index in [2.05, 4.69) is 21.2 Å². The Morgan fingerprint density at radius 2 is 1.61 bits per heavy atom. The summed E-state index contributed by atoms with van der Waals surface area (Å²) < 4.78 is 15.2. The van der Waals surface area contributed by atoms with E-state index in [4.69, 9.17) is 0 Å². The Bertz CT molecular complexity index is 1090. The lowest BCUT2D eigenvalue weighted by molar-refractivity contribution is -0.141. The number of carbonyl (C=O) groups is 2. The minimum atomic E-state index is -0.743. The van der Waals surface area contributed by atoms with Crippen LogP contribution < -0.4 is 5.32 Å². The molecule has 1 atom stereocenters. The maximum atomic E-state index is 14.3. The Labute approximate surface area is 202 Å². The molecule has 0 aliphatic heterocycles. The van der Waals surface area contributed by atoms with Crippen LogP contribution in [0.15, 0.2) is 83.3 Å². The molecule has 2 amide bonds. The Balaban J connectivity index is 1.98. The molecule has 1 unspecified atom stereocenters. The van der Waals surface area contributed by atoms with Gasteiger partial charge in [0.25, 0.3) is 0 Å². The molecule has 0 radical (unpaired) electrons. The third-order valence-electron chi connectivity index (χ3n) is 5.24. The second-order valence-electron chi connectivity index (χ2n) is 8.29. The van der Waals surface area contributed by atoms with Crippen molar-refractivity contribution in [1.29, 1.82) is 0 Å². The molecule has 0 bridgehead atoms. The summed E-state index contributed by atoms with van der Waals surface area (Å²) in [6, 6.07) is 22.7. The van der Waals surface area contributed by atoms with Gasteiger partial charge < -0.3 is 10.2 Å². The predicted molar refractivity (Wildman–Crippen MR) is 132 cm³/mol. The van der Waals surface area contributed by atoms with E-state index in [-0.39, 0.29) is 30.8 Å². The number of halogens is 2. The van der Waals surface area contributed by atoms with Crippen LogP contribution in [0.3, 0.4) is 0 Å². The highest BCUT2D eigenvalue weighted by atomic mass is 79.9. The van der Waals surface area contributed by atoms with Gasteiger partial charge in [0.05, 0.1) is 6.42 Å². The molecular weight excluding hydrogens is 483 g/mol. The summed E-state index contributed by atoms with van der Waals surface area (Å²) in [7, 11) is 0. The molecule has 0 saturated heterocycles. The first-order valence-corrected chi connectivity index (χ1v) is 11.7. The van der Waals surface area contributed by atoms with Gasteiger partial charge in [-0.05, 0) is 48.7 Å². The van der Waals surface area contributed by atoms with Gasteiger partial charge in [0.15, 0.2) is 0 Å². The summed E-state index contributed by atoms with van der Waals surface area (Å²) in [5.74, 6) is -0.967. The highest BCUT2D eigenvalue weighted by Crippen LogP contribution is 2.19.